The van der Waals surface area contributed by atoms with E-state index in [0.717, 1.165) is 29.0 Å². The minimum absolute atomic E-state index is 0.264. The van der Waals surface area contributed by atoms with Crippen molar-refractivity contribution in [2.75, 3.05) is 11.4 Å². The van der Waals surface area contributed by atoms with E-state index in [1.807, 2.05) is 17.5 Å². The predicted octanol–water partition coefficient (Wildman–Crippen LogP) is 5.13. The molecule has 1 aromatic carbocycles. The van der Waals surface area contributed by atoms with E-state index in [4.69, 9.17) is 9.90 Å². The van der Waals surface area contributed by atoms with E-state index in [9.17, 15) is 27.5 Å². The van der Waals surface area contributed by atoms with Crippen molar-refractivity contribution in [3.05, 3.63) is 52.7 Å². The lowest BCUT2D eigenvalue weighted by Crippen LogP contribution is -2.43. The Labute approximate surface area is 191 Å². The molecule has 33 heavy (non-hydrogen) atoms. The van der Waals surface area contributed by atoms with Crippen molar-refractivity contribution in [1.82, 2.24) is 5.32 Å². The van der Waals surface area contributed by atoms with Crippen molar-refractivity contribution in [2.24, 2.45) is 5.92 Å². The quantitative estimate of drug-likeness (QED) is 0.508. The van der Waals surface area contributed by atoms with Gasteiger partial charge in [-0.25, -0.2) is 14.0 Å². The summed E-state index contributed by atoms with van der Waals surface area (Å²) in [6.45, 7) is 0.542. The summed E-state index contributed by atoms with van der Waals surface area (Å²) in [6.07, 6.45) is -0.942. The van der Waals surface area contributed by atoms with Crippen LogP contribution >= 0.6 is 11.3 Å². The average Bonchev–Trinajstić information content (AvgIpc) is 3.31. The third-order valence-corrected chi connectivity index (χ3v) is 6.72. The number of benzene rings is 1. The van der Waals surface area contributed by atoms with Gasteiger partial charge in [0.1, 0.15) is 10.8 Å². The maximum absolute atomic E-state index is 13.5. The maximum atomic E-state index is 13.5. The summed E-state index contributed by atoms with van der Waals surface area (Å²) >= 11 is 1.45. The van der Waals surface area contributed by atoms with Crippen molar-refractivity contribution in [3.63, 3.8) is 0 Å². The number of rotatable bonds is 5. The number of halogens is 4. The molecule has 0 aliphatic carbocycles. The number of hydrogen-bond donors (Lipinski definition) is 3. The number of aliphatic carboxylic acids is 1. The van der Waals surface area contributed by atoms with Crippen molar-refractivity contribution < 1.29 is 37.4 Å². The van der Waals surface area contributed by atoms with Gasteiger partial charge in [-0.05, 0) is 66.3 Å². The molecule has 0 spiro atoms. The van der Waals surface area contributed by atoms with Gasteiger partial charge in [0.25, 0.3) is 0 Å². The highest BCUT2D eigenvalue weighted by atomic mass is 32.1. The zero-order chi connectivity index (χ0) is 24.2. The molecule has 3 heterocycles. The molecule has 2 aliphatic rings. The Balaban J connectivity index is 0.000000383. The Bertz CT molecular complexity index is 969. The molecule has 3 N–H and O–H groups in total. The van der Waals surface area contributed by atoms with Crippen LogP contribution in [0.15, 0.2) is 35.7 Å². The number of carboxylic acids is 1. The molecule has 2 bridgehead atoms. The number of nitrogens with one attached hydrogen (secondary N) is 1. The van der Waals surface area contributed by atoms with E-state index in [2.05, 4.69) is 5.32 Å². The molecule has 2 atom stereocenters. The molecule has 180 valence electrons. The smallest absolute Gasteiger partial charge is 0.475 e. The first-order chi connectivity index (χ1) is 15.5. The number of amides is 1. The molecule has 2 unspecified atom stereocenters. The number of carboxylic acid groups (broad SMARTS) is 2. The SMILES string of the molecule is O=C(O)C(F)(F)F.O=C(O)N(CC1CC2CCC(C1)N2)c1sccc1Cc1cccc(F)c1. The largest absolute Gasteiger partial charge is 0.490 e. The minimum atomic E-state index is -5.08. The van der Waals surface area contributed by atoms with E-state index in [1.54, 1.807) is 6.07 Å². The molecule has 2 saturated heterocycles. The van der Waals surface area contributed by atoms with Crippen LogP contribution in [0, 0.1) is 11.7 Å². The molecule has 11 heteroatoms. The summed E-state index contributed by atoms with van der Waals surface area (Å²) in [5, 5.41) is 23.2. The molecule has 4 rings (SSSR count). The maximum Gasteiger partial charge on any atom is 0.490 e. The van der Waals surface area contributed by atoms with Gasteiger partial charge in [-0.1, -0.05) is 12.1 Å². The van der Waals surface area contributed by atoms with Gasteiger partial charge in [0.05, 0.1) is 0 Å². The lowest BCUT2D eigenvalue weighted by atomic mass is 9.92. The summed E-state index contributed by atoms with van der Waals surface area (Å²) in [6, 6.07) is 9.54. The van der Waals surface area contributed by atoms with Crippen LogP contribution in [0.4, 0.5) is 27.4 Å². The second-order valence-electron chi connectivity index (χ2n) is 8.23. The number of thiophene rings is 1. The third-order valence-electron chi connectivity index (χ3n) is 5.74. The summed E-state index contributed by atoms with van der Waals surface area (Å²) in [5.41, 5.74) is 1.80. The fourth-order valence-electron chi connectivity index (χ4n) is 4.40. The Morgan fingerprint density at radius 3 is 2.30 bits per heavy atom. The lowest BCUT2D eigenvalue weighted by molar-refractivity contribution is -0.192. The number of anilines is 1. The van der Waals surface area contributed by atoms with Crippen LogP contribution < -0.4 is 10.2 Å². The number of hydrogen-bond acceptors (Lipinski definition) is 4. The highest BCUT2D eigenvalue weighted by molar-refractivity contribution is 7.14. The number of alkyl halides is 3. The van der Waals surface area contributed by atoms with Crippen LogP contribution in [-0.4, -0.2) is 47.1 Å². The normalized spacial score (nSPS) is 21.8. The predicted molar refractivity (Wildman–Crippen MR) is 115 cm³/mol. The molecule has 2 aliphatic heterocycles. The highest BCUT2D eigenvalue weighted by Crippen LogP contribution is 2.35. The molecule has 2 aromatic rings. The molecule has 2 fully saturated rings. The van der Waals surface area contributed by atoms with Crippen LogP contribution in [0.2, 0.25) is 0 Å². The van der Waals surface area contributed by atoms with Gasteiger partial charge in [-0.2, -0.15) is 13.2 Å². The Morgan fingerprint density at radius 2 is 1.76 bits per heavy atom. The summed E-state index contributed by atoms with van der Waals surface area (Å²) in [4.78, 5) is 22.4. The Hall–Kier alpha value is -2.66. The lowest BCUT2D eigenvalue weighted by Gasteiger charge is -2.32. The Morgan fingerprint density at radius 1 is 1.12 bits per heavy atom. The second kappa shape index (κ2) is 10.5. The van der Waals surface area contributed by atoms with Gasteiger partial charge in [0, 0.05) is 25.0 Å². The fraction of sp³-hybridized carbons (Fsp3) is 0.455. The summed E-state index contributed by atoms with van der Waals surface area (Å²) in [7, 11) is 0. The first-order valence-electron chi connectivity index (χ1n) is 10.4. The first-order valence-corrected chi connectivity index (χ1v) is 11.3. The third kappa shape index (κ3) is 6.91. The highest BCUT2D eigenvalue weighted by Gasteiger charge is 2.38. The van der Waals surface area contributed by atoms with Crippen molar-refractivity contribution in [1.29, 1.82) is 0 Å². The molecule has 1 aromatic heterocycles. The van der Waals surface area contributed by atoms with Gasteiger partial charge in [0.15, 0.2) is 0 Å². The number of carbonyl (C=O) groups is 2. The second-order valence-corrected chi connectivity index (χ2v) is 9.12. The molecule has 6 nitrogen and oxygen atoms in total. The van der Waals surface area contributed by atoms with Gasteiger partial charge in [0.2, 0.25) is 0 Å². The Kier molecular flexibility index (Phi) is 7.96. The molecular formula is C22H24F4N2O4S. The number of piperidine rings is 1. The van der Waals surface area contributed by atoms with Crippen molar-refractivity contribution >= 4 is 28.4 Å². The molecule has 0 saturated carbocycles. The van der Waals surface area contributed by atoms with E-state index in [1.165, 1.54) is 41.2 Å². The number of nitrogens with zero attached hydrogens (tertiary/aromatic N) is 1. The zero-order valence-electron chi connectivity index (χ0n) is 17.5. The van der Waals surface area contributed by atoms with E-state index < -0.39 is 18.2 Å². The van der Waals surface area contributed by atoms with Gasteiger partial charge in [-0.3, -0.25) is 4.90 Å². The van der Waals surface area contributed by atoms with Gasteiger partial charge < -0.3 is 15.5 Å². The van der Waals surface area contributed by atoms with Crippen LogP contribution in [0.3, 0.4) is 0 Å². The molecule has 0 radical (unpaired) electrons. The van der Waals surface area contributed by atoms with Crippen molar-refractivity contribution in [2.45, 2.75) is 50.4 Å². The topological polar surface area (TPSA) is 89.9 Å². The van der Waals surface area contributed by atoms with E-state index in [0.29, 0.717) is 31.0 Å². The first kappa shape index (κ1) is 25.0. The van der Waals surface area contributed by atoms with Crippen LogP contribution in [0.5, 0.6) is 0 Å². The number of fused-ring (bicyclic) bond motifs is 2. The zero-order valence-corrected chi connectivity index (χ0v) is 18.3. The fourth-order valence-corrected chi connectivity index (χ4v) is 5.33. The summed E-state index contributed by atoms with van der Waals surface area (Å²) in [5.74, 6) is -2.62. The van der Waals surface area contributed by atoms with E-state index >= 15 is 0 Å². The molecular weight excluding hydrogens is 464 g/mol. The van der Waals surface area contributed by atoms with Crippen molar-refractivity contribution in [3.8, 4) is 0 Å². The standard InChI is InChI=1S/C20H23FN2O2S.C2HF3O2/c21-16-3-1-2-13(9-16)8-15-6-7-26-19(15)23(20(24)25)12-14-10-17-4-5-18(11-14)22-17;3-2(4,5)1(6)7/h1-3,6-7,9,14,17-18,22H,4-5,8,10-12H2,(H,24,25);(H,6,7). The minimum Gasteiger partial charge on any atom is -0.475 e. The monoisotopic (exact) mass is 488 g/mol. The molecule has 1 amide bonds. The van der Waals surface area contributed by atoms with Crippen LogP contribution in [0.25, 0.3) is 0 Å². The summed E-state index contributed by atoms with van der Waals surface area (Å²) < 4.78 is 45.2. The van der Waals surface area contributed by atoms with E-state index in [-0.39, 0.29) is 5.82 Å². The van der Waals surface area contributed by atoms with Crippen LogP contribution in [-0.2, 0) is 11.2 Å². The average molecular weight is 489 g/mol. The van der Waals surface area contributed by atoms with Crippen LogP contribution in [0.1, 0.15) is 36.8 Å². The van der Waals surface area contributed by atoms with Gasteiger partial charge in [-0.15, -0.1) is 11.3 Å². The van der Waals surface area contributed by atoms with Gasteiger partial charge >= 0.3 is 18.2 Å².